The van der Waals surface area contributed by atoms with E-state index >= 15 is 0 Å². The van der Waals surface area contributed by atoms with Gasteiger partial charge in [0, 0.05) is 19.8 Å². The maximum Gasteiger partial charge on any atom is 0.340 e. The highest BCUT2D eigenvalue weighted by atomic mass is 16.5. The van der Waals surface area contributed by atoms with Crippen molar-refractivity contribution >= 4 is 17.3 Å². The molecule has 4 nitrogen and oxygen atoms in total. The van der Waals surface area contributed by atoms with E-state index in [1.54, 1.807) is 12.1 Å². The van der Waals surface area contributed by atoms with E-state index in [2.05, 4.69) is 0 Å². The lowest BCUT2D eigenvalue weighted by atomic mass is 10.1. The third-order valence-corrected chi connectivity index (χ3v) is 2.91. The lowest BCUT2D eigenvalue weighted by Crippen LogP contribution is -2.20. The van der Waals surface area contributed by atoms with Crippen molar-refractivity contribution in [2.24, 2.45) is 0 Å². The van der Waals surface area contributed by atoms with Crippen LogP contribution in [0, 0.1) is 0 Å². The highest BCUT2D eigenvalue weighted by Gasteiger charge is 2.17. The quantitative estimate of drug-likeness (QED) is 0.645. The smallest absolute Gasteiger partial charge is 0.340 e. The van der Waals surface area contributed by atoms with E-state index < -0.39 is 0 Å². The predicted molar refractivity (Wildman–Crippen MR) is 75.0 cm³/mol. The third-order valence-electron chi connectivity index (χ3n) is 2.91. The Morgan fingerprint density at radius 2 is 1.94 bits per heavy atom. The Hall–Kier alpha value is -1.71. The van der Waals surface area contributed by atoms with Crippen LogP contribution in [0.3, 0.4) is 0 Å². The Morgan fingerprint density at radius 1 is 1.33 bits per heavy atom. The number of ether oxygens (including phenoxy) is 1. The molecule has 2 N–H and O–H groups in total. The number of hydrogen-bond donors (Lipinski definition) is 1. The Balaban J connectivity index is 3.00. The summed E-state index contributed by atoms with van der Waals surface area (Å²) >= 11 is 0. The van der Waals surface area contributed by atoms with Gasteiger partial charge in [-0.3, -0.25) is 0 Å². The predicted octanol–water partition coefficient (Wildman–Crippen LogP) is 2.68. The first-order chi connectivity index (χ1) is 8.49. The van der Waals surface area contributed by atoms with Crippen LogP contribution in [0.15, 0.2) is 18.2 Å². The largest absolute Gasteiger partial charge is 0.459 e. The van der Waals surface area contributed by atoms with E-state index in [1.807, 2.05) is 38.9 Å². The number of carbonyl (C=O) groups excluding carboxylic acids is 1. The Bertz CT molecular complexity index is 412. The number of rotatable bonds is 5. The second-order valence-corrected chi connectivity index (χ2v) is 4.51. The van der Waals surface area contributed by atoms with E-state index in [1.165, 1.54) is 0 Å². The summed E-state index contributed by atoms with van der Waals surface area (Å²) in [6.45, 7) is 4.02. The summed E-state index contributed by atoms with van der Waals surface area (Å²) in [6, 6.07) is 5.28. The van der Waals surface area contributed by atoms with E-state index in [4.69, 9.17) is 10.5 Å². The average Bonchev–Trinajstić information content (AvgIpc) is 2.35. The van der Waals surface area contributed by atoms with Crippen LogP contribution in [-0.4, -0.2) is 26.2 Å². The maximum absolute atomic E-state index is 12.1. The molecule has 0 unspecified atom stereocenters. The summed E-state index contributed by atoms with van der Waals surface area (Å²) in [4.78, 5) is 14.0. The summed E-state index contributed by atoms with van der Waals surface area (Å²) < 4.78 is 5.46. The molecule has 0 spiro atoms. The summed E-state index contributed by atoms with van der Waals surface area (Å²) in [6.07, 6.45) is 1.61. The molecule has 100 valence electrons. The molecule has 0 amide bonds. The van der Waals surface area contributed by atoms with Gasteiger partial charge in [-0.15, -0.1) is 0 Å². The minimum Gasteiger partial charge on any atom is -0.459 e. The molecule has 0 aliphatic carbocycles. The van der Waals surface area contributed by atoms with Gasteiger partial charge in [0.1, 0.15) is 6.10 Å². The van der Waals surface area contributed by atoms with E-state index in [9.17, 15) is 4.79 Å². The van der Waals surface area contributed by atoms with Gasteiger partial charge in [-0.1, -0.05) is 13.8 Å². The number of nitrogens with zero attached hydrogens (tertiary/aromatic N) is 1. The van der Waals surface area contributed by atoms with Crippen LogP contribution in [0.5, 0.6) is 0 Å². The van der Waals surface area contributed by atoms with Crippen molar-refractivity contribution < 1.29 is 9.53 Å². The van der Waals surface area contributed by atoms with Crippen molar-refractivity contribution in [3.05, 3.63) is 23.8 Å². The van der Waals surface area contributed by atoms with Gasteiger partial charge in [-0.25, -0.2) is 4.79 Å². The van der Waals surface area contributed by atoms with Crippen molar-refractivity contribution in [1.82, 2.24) is 0 Å². The average molecular weight is 250 g/mol. The molecule has 0 atom stereocenters. The summed E-state index contributed by atoms with van der Waals surface area (Å²) in [5, 5.41) is 0. The van der Waals surface area contributed by atoms with Gasteiger partial charge in [0.2, 0.25) is 0 Å². The first kappa shape index (κ1) is 14.4. The topological polar surface area (TPSA) is 55.6 Å². The fraction of sp³-hybridized carbons (Fsp3) is 0.500. The molecule has 4 heteroatoms. The lowest BCUT2D eigenvalue weighted by Gasteiger charge is -2.19. The first-order valence-electron chi connectivity index (χ1n) is 6.27. The number of hydrogen-bond acceptors (Lipinski definition) is 4. The molecular weight excluding hydrogens is 228 g/mol. The SMILES string of the molecule is CCC(CC)OC(=O)c1cc(N)ccc1N(C)C. The van der Waals surface area contributed by atoms with Crippen molar-refractivity contribution in [2.45, 2.75) is 32.8 Å². The summed E-state index contributed by atoms with van der Waals surface area (Å²) in [5.41, 5.74) is 7.64. The Kier molecular flexibility index (Phi) is 5.01. The molecule has 0 radical (unpaired) electrons. The van der Waals surface area contributed by atoms with Gasteiger partial charge in [0.25, 0.3) is 0 Å². The highest BCUT2D eigenvalue weighted by molar-refractivity contribution is 5.97. The van der Waals surface area contributed by atoms with E-state index in [-0.39, 0.29) is 12.1 Å². The van der Waals surface area contributed by atoms with Gasteiger partial charge < -0.3 is 15.4 Å². The number of benzene rings is 1. The second-order valence-electron chi connectivity index (χ2n) is 4.51. The highest BCUT2D eigenvalue weighted by Crippen LogP contribution is 2.23. The third kappa shape index (κ3) is 3.39. The van der Waals surface area contributed by atoms with Crippen LogP contribution in [0.2, 0.25) is 0 Å². The number of nitrogen functional groups attached to an aromatic ring is 1. The zero-order valence-electron chi connectivity index (χ0n) is 11.6. The summed E-state index contributed by atoms with van der Waals surface area (Å²) in [7, 11) is 3.78. The van der Waals surface area contributed by atoms with Crippen LogP contribution in [0.4, 0.5) is 11.4 Å². The zero-order valence-corrected chi connectivity index (χ0v) is 11.6. The van der Waals surface area contributed by atoms with Crippen LogP contribution < -0.4 is 10.6 Å². The second kappa shape index (κ2) is 6.28. The number of nitrogens with two attached hydrogens (primary N) is 1. The summed E-state index contributed by atoms with van der Waals surface area (Å²) in [5.74, 6) is -0.306. The monoisotopic (exact) mass is 250 g/mol. The van der Waals surface area contributed by atoms with Gasteiger partial charge in [0.05, 0.1) is 11.3 Å². The molecule has 0 saturated carbocycles. The standard InChI is InChI=1S/C14H22N2O2/c1-5-11(6-2)18-14(17)12-9-10(15)7-8-13(12)16(3)4/h7-9,11H,5-6,15H2,1-4H3. The minimum absolute atomic E-state index is 0.0334. The molecule has 0 bridgehead atoms. The normalized spacial score (nSPS) is 10.5. The van der Waals surface area contributed by atoms with Crippen LogP contribution in [-0.2, 0) is 4.74 Å². The van der Waals surface area contributed by atoms with E-state index in [0.29, 0.717) is 11.3 Å². The molecule has 0 aromatic heterocycles. The van der Waals surface area contributed by atoms with Gasteiger partial charge >= 0.3 is 5.97 Å². The van der Waals surface area contributed by atoms with Crippen LogP contribution >= 0.6 is 0 Å². The molecule has 1 rings (SSSR count). The van der Waals surface area contributed by atoms with Crippen molar-refractivity contribution in [2.75, 3.05) is 24.7 Å². The molecule has 0 heterocycles. The van der Waals surface area contributed by atoms with Gasteiger partial charge in [-0.2, -0.15) is 0 Å². The number of esters is 1. The van der Waals surface area contributed by atoms with Crippen LogP contribution in [0.1, 0.15) is 37.0 Å². The van der Waals surface area contributed by atoms with Crippen molar-refractivity contribution in [3.8, 4) is 0 Å². The first-order valence-corrected chi connectivity index (χ1v) is 6.27. The van der Waals surface area contributed by atoms with Gasteiger partial charge in [0.15, 0.2) is 0 Å². The maximum atomic E-state index is 12.1. The molecule has 18 heavy (non-hydrogen) atoms. The lowest BCUT2D eigenvalue weighted by molar-refractivity contribution is 0.0285. The number of anilines is 2. The molecule has 1 aromatic rings. The van der Waals surface area contributed by atoms with E-state index in [0.717, 1.165) is 18.5 Å². The Labute approximate surface area is 109 Å². The molecule has 1 aromatic carbocycles. The Morgan fingerprint density at radius 3 is 2.44 bits per heavy atom. The molecular formula is C14H22N2O2. The van der Waals surface area contributed by atoms with Crippen molar-refractivity contribution in [3.63, 3.8) is 0 Å². The minimum atomic E-state index is -0.306. The molecule has 0 aliphatic rings. The fourth-order valence-electron chi connectivity index (χ4n) is 1.78. The number of carbonyl (C=O) groups is 1. The van der Waals surface area contributed by atoms with Crippen LogP contribution in [0.25, 0.3) is 0 Å². The van der Waals surface area contributed by atoms with Gasteiger partial charge in [-0.05, 0) is 31.0 Å². The zero-order chi connectivity index (χ0) is 13.7. The molecule has 0 aliphatic heterocycles. The fourth-order valence-corrected chi connectivity index (χ4v) is 1.78. The van der Waals surface area contributed by atoms with Crippen molar-refractivity contribution in [1.29, 1.82) is 0 Å². The molecule has 0 fully saturated rings. The molecule has 0 saturated heterocycles.